The van der Waals surface area contributed by atoms with Crippen molar-refractivity contribution in [2.75, 3.05) is 37.4 Å². The van der Waals surface area contributed by atoms with Crippen LogP contribution < -0.4 is 20.1 Å². The zero-order chi connectivity index (χ0) is 43.8. The van der Waals surface area contributed by atoms with Crippen molar-refractivity contribution < 1.29 is 33.0 Å². The van der Waals surface area contributed by atoms with Gasteiger partial charge in [0.15, 0.2) is 0 Å². The molecular weight excluding hydrogens is 849 g/mol. The molecule has 6 aromatic rings. The number of fused-ring (bicyclic) bond motifs is 8. The summed E-state index contributed by atoms with van der Waals surface area (Å²) in [6.45, 7) is 5.80. The van der Waals surface area contributed by atoms with Gasteiger partial charge in [-0.3, -0.25) is 19.6 Å². The predicted molar refractivity (Wildman–Crippen MR) is 242 cm³/mol. The molecule has 326 valence electrons. The molecular formula is C45H45F2N9O5S2. The van der Waals surface area contributed by atoms with E-state index in [1.165, 1.54) is 18.9 Å². The Morgan fingerprint density at radius 2 is 1.27 bits per heavy atom. The Morgan fingerprint density at radius 1 is 0.778 bits per heavy atom. The second kappa shape index (κ2) is 17.9. The number of hydrogen-bond donors (Lipinski definition) is 3. The van der Waals surface area contributed by atoms with Gasteiger partial charge in [-0.1, -0.05) is 0 Å². The first kappa shape index (κ1) is 42.2. The molecule has 10 rings (SSSR count). The van der Waals surface area contributed by atoms with Gasteiger partial charge in [0.1, 0.15) is 45.5 Å². The lowest BCUT2D eigenvalue weighted by Crippen LogP contribution is -2.38. The van der Waals surface area contributed by atoms with Gasteiger partial charge in [-0.25, -0.2) is 28.7 Å². The summed E-state index contributed by atoms with van der Waals surface area (Å²) in [5.41, 5.74) is 8.37. The number of halogens is 2. The van der Waals surface area contributed by atoms with Crippen molar-refractivity contribution in [3.63, 3.8) is 0 Å². The van der Waals surface area contributed by atoms with Crippen LogP contribution in [0.1, 0.15) is 69.8 Å². The molecule has 2 unspecified atom stereocenters. The second-order valence-corrected chi connectivity index (χ2v) is 18.0. The third kappa shape index (κ3) is 8.53. The van der Waals surface area contributed by atoms with E-state index in [2.05, 4.69) is 40.6 Å². The van der Waals surface area contributed by atoms with Crippen LogP contribution in [-0.2, 0) is 48.4 Å². The largest absolute Gasteiger partial charge is 0.492 e. The molecule has 0 saturated heterocycles. The number of aromatic nitrogens is 4. The van der Waals surface area contributed by atoms with Crippen molar-refractivity contribution in [2.45, 2.75) is 71.9 Å². The van der Waals surface area contributed by atoms with E-state index in [1.54, 1.807) is 29.0 Å². The number of rotatable bonds is 12. The van der Waals surface area contributed by atoms with Gasteiger partial charge < -0.3 is 30.1 Å². The van der Waals surface area contributed by atoms with E-state index < -0.39 is 18.9 Å². The highest BCUT2D eigenvalue weighted by molar-refractivity contribution is 7.19. The number of carboxylic acid groups (broad SMARTS) is 1. The normalized spacial score (nSPS) is 16.9. The van der Waals surface area contributed by atoms with Gasteiger partial charge in [0, 0.05) is 35.1 Å². The average molecular weight is 894 g/mol. The van der Waals surface area contributed by atoms with Crippen LogP contribution in [-0.4, -0.2) is 87.5 Å². The number of hydrogen-bond acceptors (Lipinski definition) is 14. The summed E-state index contributed by atoms with van der Waals surface area (Å²) in [6, 6.07) is 8.12. The van der Waals surface area contributed by atoms with E-state index >= 15 is 0 Å². The van der Waals surface area contributed by atoms with Crippen molar-refractivity contribution in [2.24, 2.45) is 21.8 Å². The minimum atomic E-state index is -2.53. The fourth-order valence-electron chi connectivity index (χ4n) is 8.72. The van der Waals surface area contributed by atoms with E-state index in [4.69, 9.17) is 9.47 Å². The summed E-state index contributed by atoms with van der Waals surface area (Å²) in [4.78, 5) is 55.8. The molecule has 6 heterocycles. The topological polar surface area (TPSA) is 176 Å². The highest BCUT2D eigenvalue weighted by Crippen LogP contribution is 2.44. The van der Waals surface area contributed by atoms with Crippen LogP contribution in [0.3, 0.4) is 0 Å². The number of carbonyl (C=O) groups is 2. The molecule has 1 amide bonds. The fraction of sp³-hybridized carbons (Fsp3) is 0.378. The molecule has 4 aromatic heterocycles. The molecule has 2 aliphatic heterocycles. The van der Waals surface area contributed by atoms with Gasteiger partial charge in [0.2, 0.25) is 5.91 Å². The Kier molecular flexibility index (Phi) is 12.0. The van der Waals surface area contributed by atoms with E-state index in [0.29, 0.717) is 64.2 Å². The molecule has 0 saturated carbocycles. The van der Waals surface area contributed by atoms with E-state index in [0.717, 1.165) is 98.0 Å². The standard InChI is InChI=1S/C24H25F2N5O2S.C21H20N4O3S/c1-3-33-18-7-15-10-27-9-14(15)6-17(18)30-22-21-16-5-4-13(24(32)31(2)11-20(25)26)8-19(16)34-23(21)29-12-28-22;1-2-28-16-6-13-9-22-8-12(13)5-15(16)25-19-18-14-4-3-11(21(26)27)7-17(14)29-20(18)24-10-23-19/h6-7,9,12-13,20H,3-5,8,10-11H2,1-2H3,(H,28,29,30);5-6,8,10-11H,2-4,7,9H2,1H3,(H,26,27)(H,23,24,25). The molecule has 2 aliphatic carbocycles. The lowest BCUT2D eigenvalue weighted by atomic mass is 9.87. The van der Waals surface area contributed by atoms with E-state index in [-0.39, 0.29) is 17.7 Å². The number of anilines is 4. The smallest absolute Gasteiger partial charge is 0.306 e. The summed E-state index contributed by atoms with van der Waals surface area (Å²) >= 11 is 3.12. The number of carboxylic acids is 1. The van der Waals surface area contributed by atoms with Crippen LogP contribution in [0.15, 0.2) is 46.9 Å². The Morgan fingerprint density at radius 3 is 1.75 bits per heavy atom. The quantitative estimate of drug-likeness (QED) is 0.107. The first-order valence-corrected chi connectivity index (χ1v) is 22.6. The molecule has 14 nitrogen and oxygen atoms in total. The molecule has 18 heteroatoms. The number of aryl methyl sites for hydroxylation is 2. The number of aliphatic imine (C=N–C) groups is 2. The van der Waals surface area contributed by atoms with Gasteiger partial charge in [-0.15, -0.1) is 22.7 Å². The second-order valence-electron chi connectivity index (χ2n) is 15.8. The molecule has 2 atom stereocenters. The van der Waals surface area contributed by atoms with Crippen LogP contribution in [0.25, 0.3) is 20.4 Å². The highest BCUT2D eigenvalue weighted by Gasteiger charge is 2.32. The monoisotopic (exact) mass is 893 g/mol. The number of thiophene rings is 2. The maximum absolute atomic E-state index is 12.7. The minimum absolute atomic E-state index is 0.228. The Labute approximate surface area is 369 Å². The maximum atomic E-state index is 12.7. The Bertz CT molecular complexity index is 2810. The average Bonchev–Trinajstić information content (AvgIpc) is 4.08. The van der Waals surface area contributed by atoms with Crippen LogP contribution in [0, 0.1) is 11.8 Å². The van der Waals surface area contributed by atoms with E-state index in [1.807, 2.05) is 50.5 Å². The molecule has 0 radical (unpaired) electrons. The Hall–Kier alpha value is -6.14. The van der Waals surface area contributed by atoms with Crippen molar-refractivity contribution in [3.8, 4) is 11.5 Å². The number of amides is 1. The Balaban J connectivity index is 0.000000162. The lowest BCUT2D eigenvalue weighted by molar-refractivity contribution is -0.142. The van der Waals surface area contributed by atoms with Crippen molar-refractivity contribution in [1.82, 2.24) is 24.8 Å². The van der Waals surface area contributed by atoms with Crippen molar-refractivity contribution >= 4 is 90.4 Å². The highest BCUT2D eigenvalue weighted by atomic mass is 32.1. The molecule has 3 N–H and O–H groups in total. The molecule has 0 spiro atoms. The zero-order valence-electron chi connectivity index (χ0n) is 34.9. The number of ether oxygens (including phenoxy) is 2. The van der Waals surface area contributed by atoms with Gasteiger partial charge in [-0.05, 0) is 110 Å². The first-order valence-electron chi connectivity index (χ1n) is 21.0. The third-order valence-corrected chi connectivity index (χ3v) is 14.1. The summed E-state index contributed by atoms with van der Waals surface area (Å²) < 4.78 is 37.2. The van der Waals surface area contributed by atoms with Crippen molar-refractivity contribution in [1.29, 1.82) is 0 Å². The predicted octanol–water partition coefficient (Wildman–Crippen LogP) is 8.55. The number of benzene rings is 2. The van der Waals surface area contributed by atoms with Gasteiger partial charge in [-0.2, -0.15) is 0 Å². The number of carbonyl (C=O) groups excluding carboxylic acids is 1. The number of alkyl halides is 2. The lowest BCUT2D eigenvalue weighted by Gasteiger charge is -2.26. The zero-order valence-corrected chi connectivity index (χ0v) is 36.5. The molecule has 63 heavy (non-hydrogen) atoms. The van der Waals surface area contributed by atoms with Crippen LogP contribution in [0.5, 0.6) is 11.5 Å². The van der Waals surface area contributed by atoms with Crippen molar-refractivity contribution in [3.05, 3.63) is 80.1 Å². The summed E-state index contributed by atoms with van der Waals surface area (Å²) in [5.74, 6) is 1.38. The summed E-state index contributed by atoms with van der Waals surface area (Å²) in [5, 5.41) is 18.2. The number of nitrogens with zero attached hydrogens (tertiary/aromatic N) is 7. The first-order chi connectivity index (χ1) is 30.6. The summed E-state index contributed by atoms with van der Waals surface area (Å²) in [6.07, 6.45) is 8.03. The van der Waals surface area contributed by atoms with E-state index in [9.17, 15) is 23.5 Å². The SMILES string of the molecule is CCOc1cc2c(cc1Nc1ncnc3sc4c(c13)CCC(C(=O)N(C)CC(F)F)C4)C=NC2.CCOc1cc2c(cc1Nc1ncnc3sc4c(c13)CCC(C(=O)O)C4)C=NC2. The number of aliphatic carboxylic acids is 1. The molecule has 0 fully saturated rings. The number of nitrogens with one attached hydrogen (secondary N) is 2. The van der Waals surface area contributed by atoms with Gasteiger partial charge in [0.25, 0.3) is 6.43 Å². The molecule has 4 aliphatic rings. The van der Waals surface area contributed by atoms with Crippen LogP contribution in [0.4, 0.5) is 31.8 Å². The van der Waals surface area contributed by atoms with Crippen LogP contribution >= 0.6 is 22.7 Å². The third-order valence-electron chi connectivity index (χ3n) is 11.7. The molecule has 2 aromatic carbocycles. The maximum Gasteiger partial charge on any atom is 0.306 e. The molecule has 0 bridgehead atoms. The summed E-state index contributed by atoms with van der Waals surface area (Å²) in [7, 11) is 1.44. The van der Waals surface area contributed by atoms with Gasteiger partial charge in [0.05, 0.1) is 60.9 Å². The van der Waals surface area contributed by atoms with Crippen LogP contribution in [0.2, 0.25) is 0 Å². The van der Waals surface area contributed by atoms with Gasteiger partial charge >= 0.3 is 5.97 Å². The fourth-order valence-corrected chi connectivity index (χ4v) is 11.3. The minimum Gasteiger partial charge on any atom is -0.492 e.